The van der Waals surface area contributed by atoms with E-state index in [1.165, 1.54) is 32.4 Å². The molecule has 3 atom stereocenters. The lowest BCUT2D eigenvalue weighted by molar-refractivity contribution is 0.239. The summed E-state index contributed by atoms with van der Waals surface area (Å²) in [4.78, 5) is 0. The van der Waals surface area contributed by atoms with E-state index in [2.05, 4.69) is 12.2 Å². The molecule has 1 saturated heterocycles. The monoisotopic (exact) mass is 139 g/mol. The molecule has 2 bridgehead atoms. The first-order chi connectivity index (χ1) is 4.92. The van der Waals surface area contributed by atoms with Crippen molar-refractivity contribution in [2.24, 2.45) is 17.8 Å². The molecule has 1 aliphatic heterocycles. The summed E-state index contributed by atoms with van der Waals surface area (Å²) in [6.07, 6.45) is 4.41. The van der Waals surface area contributed by atoms with Gasteiger partial charge in [0.15, 0.2) is 0 Å². The fourth-order valence-electron chi connectivity index (χ4n) is 2.87. The van der Waals surface area contributed by atoms with Crippen LogP contribution in [0.15, 0.2) is 0 Å². The van der Waals surface area contributed by atoms with Crippen LogP contribution in [-0.4, -0.2) is 13.1 Å². The summed E-state index contributed by atoms with van der Waals surface area (Å²) in [6.45, 7) is 4.95. The Hall–Kier alpha value is -0.0400. The lowest BCUT2D eigenvalue weighted by Gasteiger charge is -2.29. The Morgan fingerprint density at radius 1 is 1.20 bits per heavy atom. The van der Waals surface area contributed by atoms with Crippen LogP contribution in [0.3, 0.4) is 0 Å². The zero-order valence-corrected chi connectivity index (χ0v) is 6.77. The third kappa shape index (κ3) is 0.878. The van der Waals surface area contributed by atoms with Gasteiger partial charge in [-0.1, -0.05) is 13.3 Å². The molecule has 1 heterocycles. The molecule has 2 unspecified atom stereocenters. The lowest BCUT2D eigenvalue weighted by Crippen LogP contribution is -2.37. The highest BCUT2D eigenvalue weighted by Gasteiger charge is 2.37. The third-order valence-electron chi connectivity index (χ3n) is 3.40. The van der Waals surface area contributed by atoms with Gasteiger partial charge in [0, 0.05) is 0 Å². The van der Waals surface area contributed by atoms with Gasteiger partial charge in [-0.2, -0.15) is 0 Å². The molecule has 1 nitrogen and oxygen atoms in total. The van der Waals surface area contributed by atoms with E-state index in [1.54, 1.807) is 0 Å². The minimum absolute atomic E-state index is 1.03. The van der Waals surface area contributed by atoms with E-state index < -0.39 is 0 Å². The number of piperidine rings is 1. The second kappa shape index (κ2) is 2.54. The second-order valence-electron chi connectivity index (χ2n) is 3.83. The van der Waals surface area contributed by atoms with Crippen LogP contribution in [0.1, 0.15) is 26.2 Å². The first-order valence-electron chi connectivity index (χ1n) is 4.62. The van der Waals surface area contributed by atoms with Gasteiger partial charge in [-0.15, -0.1) is 0 Å². The van der Waals surface area contributed by atoms with Gasteiger partial charge in [0.1, 0.15) is 0 Å². The van der Waals surface area contributed by atoms with Gasteiger partial charge in [-0.25, -0.2) is 0 Å². The van der Waals surface area contributed by atoms with Crippen molar-refractivity contribution in [2.45, 2.75) is 26.2 Å². The fraction of sp³-hybridized carbons (Fsp3) is 1.00. The molecule has 58 valence electrons. The minimum atomic E-state index is 1.03. The molecule has 2 fully saturated rings. The summed E-state index contributed by atoms with van der Waals surface area (Å²) in [7, 11) is 0. The zero-order valence-electron chi connectivity index (χ0n) is 6.77. The molecule has 0 amide bonds. The zero-order chi connectivity index (χ0) is 6.97. The van der Waals surface area contributed by atoms with Gasteiger partial charge >= 0.3 is 0 Å². The summed E-state index contributed by atoms with van der Waals surface area (Å²) < 4.78 is 0. The highest BCUT2D eigenvalue weighted by molar-refractivity contribution is 4.90. The van der Waals surface area contributed by atoms with Crippen LogP contribution in [0.25, 0.3) is 0 Å². The molecule has 0 aromatic heterocycles. The van der Waals surface area contributed by atoms with Crippen LogP contribution in [-0.2, 0) is 0 Å². The summed E-state index contributed by atoms with van der Waals surface area (Å²) in [6, 6.07) is 0. The summed E-state index contributed by atoms with van der Waals surface area (Å²) in [5.41, 5.74) is 0. The smallest absolute Gasteiger partial charge is 0.00176 e. The van der Waals surface area contributed by atoms with Gasteiger partial charge < -0.3 is 5.32 Å². The second-order valence-corrected chi connectivity index (χ2v) is 3.83. The van der Waals surface area contributed by atoms with E-state index in [4.69, 9.17) is 0 Å². The maximum Gasteiger partial charge on any atom is -0.00176 e. The number of nitrogens with one attached hydrogen (secondary N) is 1. The van der Waals surface area contributed by atoms with E-state index >= 15 is 0 Å². The summed E-state index contributed by atoms with van der Waals surface area (Å²) in [5, 5.41) is 3.51. The maximum absolute atomic E-state index is 3.51. The molecule has 1 heteroatoms. The highest BCUT2D eigenvalue weighted by atomic mass is 14.9. The number of hydrogen-bond acceptors (Lipinski definition) is 1. The van der Waals surface area contributed by atoms with Crippen LogP contribution >= 0.6 is 0 Å². The van der Waals surface area contributed by atoms with Gasteiger partial charge in [0.05, 0.1) is 0 Å². The van der Waals surface area contributed by atoms with E-state index in [9.17, 15) is 0 Å². The quantitative estimate of drug-likeness (QED) is 0.582. The fourth-order valence-corrected chi connectivity index (χ4v) is 2.87. The first-order valence-corrected chi connectivity index (χ1v) is 4.62. The van der Waals surface area contributed by atoms with Crippen LogP contribution < -0.4 is 5.32 Å². The van der Waals surface area contributed by atoms with Crippen LogP contribution in [0.2, 0.25) is 0 Å². The van der Waals surface area contributed by atoms with E-state index in [-0.39, 0.29) is 0 Å². The largest absolute Gasteiger partial charge is 0.316 e. The average molecular weight is 139 g/mol. The topological polar surface area (TPSA) is 12.0 Å². The van der Waals surface area contributed by atoms with Crippen molar-refractivity contribution >= 4 is 0 Å². The Morgan fingerprint density at radius 2 is 1.80 bits per heavy atom. The normalized spacial score (nSPS) is 45.9. The van der Waals surface area contributed by atoms with Crippen molar-refractivity contribution in [3.63, 3.8) is 0 Å². The number of fused-ring (bicyclic) bond motifs is 2. The third-order valence-corrected chi connectivity index (χ3v) is 3.40. The Labute approximate surface area is 63.2 Å². The molecule has 0 radical (unpaired) electrons. The van der Waals surface area contributed by atoms with E-state index in [1.807, 2.05) is 0 Å². The van der Waals surface area contributed by atoms with Crippen molar-refractivity contribution in [3.8, 4) is 0 Å². The average Bonchev–Trinajstić information content (AvgIpc) is 2.19. The predicted octanol–water partition coefficient (Wildman–Crippen LogP) is 1.64. The van der Waals surface area contributed by atoms with Gasteiger partial charge in [0.2, 0.25) is 0 Å². The van der Waals surface area contributed by atoms with Gasteiger partial charge in [-0.3, -0.25) is 0 Å². The predicted molar refractivity (Wildman–Crippen MR) is 42.9 cm³/mol. The Bertz CT molecular complexity index is 106. The van der Waals surface area contributed by atoms with Gasteiger partial charge in [-0.05, 0) is 43.7 Å². The maximum atomic E-state index is 3.51. The van der Waals surface area contributed by atoms with Crippen LogP contribution in [0.5, 0.6) is 0 Å². The van der Waals surface area contributed by atoms with Crippen LogP contribution in [0, 0.1) is 17.8 Å². The van der Waals surface area contributed by atoms with Crippen molar-refractivity contribution in [1.82, 2.24) is 5.32 Å². The lowest BCUT2D eigenvalue weighted by atomic mass is 9.84. The van der Waals surface area contributed by atoms with Gasteiger partial charge in [0.25, 0.3) is 0 Å². The first kappa shape index (κ1) is 6.66. The van der Waals surface area contributed by atoms with Crippen molar-refractivity contribution in [3.05, 3.63) is 0 Å². The molecule has 1 N–H and O–H groups in total. The molecule has 1 aliphatic carbocycles. The van der Waals surface area contributed by atoms with Crippen molar-refractivity contribution in [1.29, 1.82) is 0 Å². The SMILES string of the molecule is CCC1C2CC[C@H]1CNC2. The summed E-state index contributed by atoms with van der Waals surface area (Å²) >= 11 is 0. The number of rotatable bonds is 1. The molecule has 10 heavy (non-hydrogen) atoms. The van der Waals surface area contributed by atoms with E-state index in [0.717, 1.165) is 17.8 Å². The molecule has 0 aromatic rings. The van der Waals surface area contributed by atoms with E-state index in [0.29, 0.717) is 0 Å². The molecule has 1 saturated carbocycles. The Balaban J connectivity index is 2.06. The minimum Gasteiger partial charge on any atom is -0.316 e. The Kier molecular flexibility index (Phi) is 1.69. The number of hydrogen-bond donors (Lipinski definition) is 1. The Morgan fingerprint density at radius 3 is 2.20 bits per heavy atom. The molecule has 2 aliphatic rings. The summed E-state index contributed by atoms with van der Waals surface area (Å²) in [5.74, 6) is 3.13. The molecular weight excluding hydrogens is 122 g/mol. The molecule has 0 aromatic carbocycles. The van der Waals surface area contributed by atoms with Crippen molar-refractivity contribution < 1.29 is 0 Å². The molecule has 0 spiro atoms. The standard InChI is InChI=1S/C9H17N/c1-2-9-7-3-4-8(9)6-10-5-7/h7-10H,2-6H2,1H3/t7-,8?,9?/m0/s1. The van der Waals surface area contributed by atoms with Crippen molar-refractivity contribution in [2.75, 3.05) is 13.1 Å². The highest BCUT2D eigenvalue weighted by Crippen LogP contribution is 2.40. The molecule has 2 rings (SSSR count). The van der Waals surface area contributed by atoms with Crippen LogP contribution in [0.4, 0.5) is 0 Å². The molecular formula is C9H17N.